The molecule has 1 fully saturated rings. The summed E-state index contributed by atoms with van der Waals surface area (Å²) in [7, 11) is 0. The summed E-state index contributed by atoms with van der Waals surface area (Å²) in [4.78, 5) is 0. The molecule has 1 aliphatic heterocycles. The zero-order chi connectivity index (χ0) is 9.73. The van der Waals surface area contributed by atoms with Crippen LogP contribution in [0, 0.1) is 5.92 Å². The molecule has 0 aromatic rings. The third-order valence-electron chi connectivity index (χ3n) is 2.75. The molecule has 13 heavy (non-hydrogen) atoms. The SMILES string of the molecule is CC(C)CNC1(CO)CCNCC1. The molecule has 0 aromatic carbocycles. The van der Waals surface area contributed by atoms with E-state index in [9.17, 15) is 5.11 Å². The van der Waals surface area contributed by atoms with Gasteiger partial charge in [0.05, 0.1) is 6.61 Å². The Balaban J connectivity index is 2.38. The molecule has 1 rings (SSSR count). The molecule has 0 aliphatic carbocycles. The molecule has 1 aliphatic rings. The molecule has 0 spiro atoms. The van der Waals surface area contributed by atoms with E-state index in [0.29, 0.717) is 5.92 Å². The minimum absolute atomic E-state index is 0.00444. The number of nitrogens with one attached hydrogen (secondary N) is 2. The summed E-state index contributed by atoms with van der Waals surface area (Å²) in [6.07, 6.45) is 2.08. The van der Waals surface area contributed by atoms with Gasteiger partial charge in [-0.15, -0.1) is 0 Å². The lowest BCUT2D eigenvalue weighted by Gasteiger charge is -2.37. The van der Waals surface area contributed by atoms with Gasteiger partial charge in [0.2, 0.25) is 0 Å². The van der Waals surface area contributed by atoms with Crippen LogP contribution in [0.25, 0.3) is 0 Å². The van der Waals surface area contributed by atoms with Crippen molar-refractivity contribution in [3.8, 4) is 0 Å². The van der Waals surface area contributed by atoms with E-state index in [1.54, 1.807) is 0 Å². The van der Waals surface area contributed by atoms with Gasteiger partial charge in [0.25, 0.3) is 0 Å². The average molecular weight is 186 g/mol. The van der Waals surface area contributed by atoms with Crippen molar-refractivity contribution in [3.05, 3.63) is 0 Å². The minimum Gasteiger partial charge on any atom is -0.394 e. The molecule has 0 radical (unpaired) electrons. The lowest BCUT2D eigenvalue weighted by atomic mass is 9.89. The van der Waals surface area contributed by atoms with Crippen LogP contribution in [0.15, 0.2) is 0 Å². The highest BCUT2D eigenvalue weighted by molar-refractivity contribution is 4.91. The first-order valence-electron chi connectivity index (χ1n) is 5.25. The quantitative estimate of drug-likeness (QED) is 0.593. The molecule has 0 atom stereocenters. The maximum Gasteiger partial charge on any atom is 0.0614 e. The monoisotopic (exact) mass is 186 g/mol. The molecule has 3 heteroatoms. The van der Waals surface area contributed by atoms with Gasteiger partial charge in [0.1, 0.15) is 0 Å². The second-order valence-corrected chi connectivity index (χ2v) is 4.46. The van der Waals surface area contributed by atoms with Gasteiger partial charge in [-0.3, -0.25) is 0 Å². The van der Waals surface area contributed by atoms with Gasteiger partial charge in [0.15, 0.2) is 0 Å². The molecular weight excluding hydrogens is 164 g/mol. The Morgan fingerprint density at radius 3 is 2.46 bits per heavy atom. The zero-order valence-corrected chi connectivity index (χ0v) is 8.77. The van der Waals surface area contributed by atoms with E-state index in [1.807, 2.05) is 0 Å². The van der Waals surface area contributed by atoms with Crippen LogP contribution in [0.5, 0.6) is 0 Å². The van der Waals surface area contributed by atoms with Crippen molar-refractivity contribution < 1.29 is 5.11 Å². The summed E-state index contributed by atoms with van der Waals surface area (Å²) >= 11 is 0. The van der Waals surface area contributed by atoms with Crippen molar-refractivity contribution in [2.75, 3.05) is 26.2 Å². The van der Waals surface area contributed by atoms with Crippen LogP contribution < -0.4 is 10.6 Å². The lowest BCUT2D eigenvalue weighted by Crippen LogP contribution is -2.55. The van der Waals surface area contributed by atoms with Gasteiger partial charge < -0.3 is 15.7 Å². The topological polar surface area (TPSA) is 44.3 Å². The van der Waals surface area contributed by atoms with Crippen molar-refractivity contribution in [1.29, 1.82) is 0 Å². The van der Waals surface area contributed by atoms with E-state index >= 15 is 0 Å². The van der Waals surface area contributed by atoms with Crippen LogP contribution in [-0.4, -0.2) is 36.9 Å². The molecule has 0 bridgehead atoms. The molecular formula is C10H22N2O. The third-order valence-corrected chi connectivity index (χ3v) is 2.75. The third kappa shape index (κ3) is 3.25. The highest BCUT2D eigenvalue weighted by atomic mass is 16.3. The summed E-state index contributed by atoms with van der Waals surface area (Å²) in [5.41, 5.74) is -0.00444. The number of piperidine rings is 1. The first-order valence-corrected chi connectivity index (χ1v) is 5.25. The maximum atomic E-state index is 9.36. The summed E-state index contributed by atoms with van der Waals surface area (Å²) in [6.45, 7) is 7.69. The lowest BCUT2D eigenvalue weighted by molar-refractivity contribution is 0.124. The van der Waals surface area contributed by atoms with E-state index in [0.717, 1.165) is 32.5 Å². The largest absolute Gasteiger partial charge is 0.394 e. The van der Waals surface area contributed by atoms with Crippen LogP contribution in [0.1, 0.15) is 26.7 Å². The molecule has 1 saturated heterocycles. The van der Waals surface area contributed by atoms with Crippen molar-refractivity contribution in [3.63, 3.8) is 0 Å². The summed E-state index contributed by atoms with van der Waals surface area (Å²) in [5, 5.41) is 16.2. The van der Waals surface area contributed by atoms with E-state index in [-0.39, 0.29) is 12.1 Å². The van der Waals surface area contributed by atoms with Gasteiger partial charge in [-0.1, -0.05) is 13.8 Å². The number of rotatable bonds is 4. The molecule has 0 aromatic heterocycles. The fourth-order valence-corrected chi connectivity index (χ4v) is 1.72. The maximum absolute atomic E-state index is 9.36. The van der Waals surface area contributed by atoms with E-state index in [1.165, 1.54) is 0 Å². The molecule has 3 N–H and O–H groups in total. The second kappa shape index (κ2) is 4.94. The predicted molar refractivity (Wildman–Crippen MR) is 54.8 cm³/mol. The normalized spacial score (nSPS) is 22.2. The fourth-order valence-electron chi connectivity index (χ4n) is 1.72. The Hall–Kier alpha value is -0.120. The Morgan fingerprint density at radius 2 is 2.00 bits per heavy atom. The number of hydrogen-bond acceptors (Lipinski definition) is 3. The Bertz CT molecular complexity index is 142. The first kappa shape index (κ1) is 11.0. The molecule has 0 saturated carbocycles. The van der Waals surface area contributed by atoms with Gasteiger partial charge in [-0.2, -0.15) is 0 Å². The fraction of sp³-hybridized carbons (Fsp3) is 1.00. The zero-order valence-electron chi connectivity index (χ0n) is 8.77. The van der Waals surface area contributed by atoms with Crippen LogP contribution in [0.3, 0.4) is 0 Å². The smallest absolute Gasteiger partial charge is 0.0614 e. The van der Waals surface area contributed by atoms with Crippen LogP contribution in [-0.2, 0) is 0 Å². The van der Waals surface area contributed by atoms with E-state index in [2.05, 4.69) is 24.5 Å². The molecule has 78 valence electrons. The van der Waals surface area contributed by atoms with Crippen LogP contribution in [0.2, 0.25) is 0 Å². The van der Waals surface area contributed by atoms with Gasteiger partial charge in [0, 0.05) is 5.54 Å². The molecule has 3 nitrogen and oxygen atoms in total. The van der Waals surface area contributed by atoms with Crippen LogP contribution in [0.4, 0.5) is 0 Å². The van der Waals surface area contributed by atoms with Crippen molar-refractivity contribution in [2.24, 2.45) is 5.92 Å². The van der Waals surface area contributed by atoms with Gasteiger partial charge >= 0.3 is 0 Å². The van der Waals surface area contributed by atoms with Gasteiger partial charge in [-0.25, -0.2) is 0 Å². The molecule has 0 amide bonds. The number of aliphatic hydroxyl groups is 1. The molecule has 1 heterocycles. The van der Waals surface area contributed by atoms with E-state index in [4.69, 9.17) is 0 Å². The number of hydrogen-bond donors (Lipinski definition) is 3. The summed E-state index contributed by atoms with van der Waals surface area (Å²) in [5.74, 6) is 0.651. The summed E-state index contributed by atoms with van der Waals surface area (Å²) in [6, 6.07) is 0. The van der Waals surface area contributed by atoms with E-state index < -0.39 is 0 Å². The standard InChI is InChI=1S/C10H22N2O/c1-9(2)7-12-10(8-13)3-5-11-6-4-10/h9,11-13H,3-8H2,1-2H3. The van der Waals surface area contributed by atoms with Gasteiger partial charge in [-0.05, 0) is 38.4 Å². The number of aliphatic hydroxyl groups excluding tert-OH is 1. The highest BCUT2D eigenvalue weighted by Crippen LogP contribution is 2.17. The van der Waals surface area contributed by atoms with Crippen molar-refractivity contribution >= 4 is 0 Å². The Labute approximate surface area is 80.9 Å². The first-order chi connectivity index (χ1) is 6.18. The summed E-state index contributed by atoms with van der Waals surface area (Å²) < 4.78 is 0. The van der Waals surface area contributed by atoms with Crippen molar-refractivity contribution in [2.45, 2.75) is 32.2 Å². The second-order valence-electron chi connectivity index (χ2n) is 4.46. The average Bonchev–Trinajstić information content (AvgIpc) is 2.16. The highest BCUT2D eigenvalue weighted by Gasteiger charge is 2.30. The van der Waals surface area contributed by atoms with Crippen molar-refractivity contribution in [1.82, 2.24) is 10.6 Å². The Morgan fingerprint density at radius 1 is 1.38 bits per heavy atom. The van der Waals surface area contributed by atoms with Crippen LogP contribution >= 0.6 is 0 Å². The Kier molecular flexibility index (Phi) is 4.16. The molecule has 0 unspecified atom stereocenters. The minimum atomic E-state index is -0.00444. The predicted octanol–water partition coefficient (Wildman–Crippen LogP) is 0.346.